The molecule has 0 aliphatic carbocycles. The van der Waals surface area contributed by atoms with Crippen LogP contribution >= 0.6 is 0 Å². The smallest absolute Gasteiger partial charge is 0.241 e. The highest BCUT2D eigenvalue weighted by molar-refractivity contribution is 5.79. The Kier molecular flexibility index (Phi) is 6.23. The van der Waals surface area contributed by atoms with Crippen molar-refractivity contribution in [3.63, 3.8) is 0 Å². The molecular weight excluding hydrogens is 376 g/mol. The lowest BCUT2D eigenvalue weighted by molar-refractivity contribution is -0.127. The van der Waals surface area contributed by atoms with Crippen molar-refractivity contribution in [1.29, 1.82) is 0 Å². The molecule has 1 N–H and O–H groups in total. The highest BCUT2D eigenvalue weighted by Crippen LogP contribution is 2.21. The Morgan fingerprint density at radius 1 is 1.17 bits per heavy atom. The molecule has 1 amide bonds. The highest BCUT2D eigenvalue weighted by Gasteiger charge is 2.26. The van der Waals surface area contributed by atoms with E-state index in [1.807, 2.05) is 31.2 Å². The van der Waals surface area contributed by atoms with Crippen molar-refractivity contribution in [3.05, 3.63) is 71.1 Å². The number of nitrogens with zero attached hydrogens (tertiary/aromatic N) is 3. The molecule has 0 spiro atoms. The first-order chi connectivity index (χ1) is 14.6. The average molecular weight is 405 g/mol. The van der Waals surface area contributed by atoms with Crippen LogP contribution in [0.1, 0.15) is 35.4 Å². The van der Waals surface area contributed by atoms with Gasteiger partial charge in [-0.3, -0.25) is 9.69 Å². The van der Waals surface area contributed by atoms with Gasteiger partial charge in [-0.2, -0.15) is 4.98 Å². The first-order valence-corrected chi connectivity index (χ1v) is 10.5. The van der Waals surface area contributed by atoms with Crippen LogP contribution in [0.2, 0.25) is 0 Å². The van der Waals surface area contributed by atoms with E-state index in [-0.39, 0.29) is 11.8 Å². The molecule has 1 aliphatic heterocycles. The Labute approximate surface area is 177 Å². The Bertz CT molecular complexity index is 996. The molecule has 2 aromatic carbocycles. The number of likely N-dealkylation sites (tertiary alicyclic amines) is 1. The standard InChI is InChI=1S/C24H28N4O2/c1-17-8-10-19(11-9-17)14-25-24(29)21-7-4-12-28(15-21)16-22-26-23(27-30-22)20-6-3-5-18(2)13-20/h3,5-6,8-11,13,21H,4,7,12,14-16H2,1-2H3,(H,25,29). The van der Waals surface area contributed by atoms with Crippen LogP contribution in [0.3, 0.4) is 0 Å². The molecule has 1 saturated heterocycles. The molecule has 1 unspecified atom stereocenters. The maximum atomic E-state index is 12.7. The predicted octanol–water partition coefficient (Wildman–Crippen LogP) is 3.88. The molecule has 156 valence electrons. The summed E-state index contributed by atoms with van der Waals surface area (Å²) in [5.74, 6) is 1.31. The lowest BCUT2D eigenvalue weighted by Gasteiger charge is -2.30. The van der Waals surface area contributed by atoms with Crippen molar-refractivity contribution in [2.75, 3.05) is 13.1 Å². The van der Waals surface area contributed by atoms with E-state index in [1.165, 1.54) is 5.56 Å². The summed E-state index contributed by atoms with van der Waals surface area (Å²) in [6, 6.07) is 16.3. The third kappa shape index (κ3) is 5.13. The second-order valence-electron chi connectivity index (χ2n) is 8.16. The van der Waals surface area contributed by atoms with Crippen LogP contribution in [0.25, 0.3) is 11.4 Å². The van der Waals surface area contributed by atoms with Gasteiger partial charge in [-0.1, -0.05) is 58.7 Å². The Morgan fingerprint density at radius 3 is 2.80 bits per heavy atom. The van der Waals surface area contributed by atoms with Crippen LogP contribution in [-0.2, 0) is 17.9 Å². The fourth-order valence-corrected chi connectivity index (χ4v) is 3.86. The molecule has 1 aliphatic rings. The monoisotopic (exact) mass is 404 g/mol. The summed E-state index contributed by atoms with van der Waals surface area (Å²) in [6.07, 6.45) is 1.90. The van der Waals surface area contributed by atoms with Gasteiger partial charge in [0.25, 0.3) is 0 Å². The van der Waals surface area contributed by atoms with Gasteiger partial charge in [-0.15, -0.1) is 0 Å². The third-order valence-corrected chi connectivity index (χ3v) is 5.57. The molecule has 1 aromatic heterocycles. The number of piperidine rings is 1. The maximum absolute atomic E-state index is 12.7. The fourth-order valence-electron chi connectivity index (χ4n) is 3.86. The summed E-state index contributed by atoms with van der Waals surface area (Å²) in [7, 11) is 0. The van der Waals surface area contributed by atoms with E-state index in [9.17, 15) is 4.79 Å². The van der Waals surface area contributed by atoms with Crippen molar-refractivity contribution < 1.29 is 9.32 Å². The van der Waals surface area contributed by atoms with Gasteiger partial charge in [0.15, 0.2) is 0 Å². The fraction of sp³-hybridized carbons (Fsp3) is 0.375. The number of carbonyl (C=O) groups excluding carboxylic acids is 1. The molecular formula is C24H28N4O2. The zero-order chi connectivity index (χ0) is 20.9. The minimum absolute atomic E-state index is 0.0108. The first kappa shape index (κ1) is 20.3. The van der Waals surface area contributed by atoms with E-state index in [4.69, 9.17) is 4.52 Å². The van der Waals surface area contributed by atoms with Gasteiger partial charge in [0, 0.05) is 18.7 Å². The van der Waals surface area contributed by atoms with E-state index in [0.717, 1.165) is 36.1 Å². The van der Waals surface area contributed by atoms with Crippen molar-refractivity contribution >= 4 is 5.91 Å². The Balaban J connectivity index is 1.31. The van der Waals surface area contributed by atoms with Gasteiger partial charge in [0.2, 0.25) is 17.6 Å². The van der Waals surface area contributed by atoms with Crippen LogP contribution in [0.5, 0.6) is 0 Å². The molecule has 6 heteroatoms. The molecule has 1 atom stereocenters. The Hall–Kier alpha value is -2.99. The number of nitrogens with one attached hydrogen (secondary N) is 1. The van der Waals surface area contributed by atoms with Gasteiger partial charge in [0.05, 0.1) is 12.5 Å². The minimum Gasteiger partial charge on any atom is -0.352 e. The summed E-state index contributed by atoms with van der Waals surface area (Å²) in [5, 5.41) is 7.21. The molecule has 0 bridgehead atoms. The number of hydrogen-bond acceptors (Lipinski definition) is 5. The number of aromatic nitrogens is 2. The molecule has 0 radical (unpaired) electrons. The van der Waals surface area contributed by atoms with E-state index >= 15 is 0 Å². The number of amides is 1. The molecule has 4 rings (SSSR count). The molecule has 2 heterocycles. The van der Waals surface area contributed by atoms with Crippen molar-refractivity contribution in [2.45, 2.75) is 39.8 Å². The summed E-state index contributed by atoms with van der Waals surface area (Å²) in [6.45, 7) is 6.89. The van der Waals surface area contributed by atoms with Gasteiger partial charge in [-0.25, -0.2) is 0 Å². The van der Waals surface area contributed by atoms with Gasteiger partial charge < -0.3 is 9.84 Å². The molecule has 1 fully saturated rings. The average Bonchev–Trinajstić information content (AvgIpc) is 3.22. The van der Waals surface area contributed by atoms with E-state index in [1.54, 1.807) is 0 Å². The van der Waals surface area contributed by atoms with E-state index < -0.39 is 0 Å². The third-order valence-electron chi connectivity index (χ3n) is 5.57. The number of hydrogen-bond donors (Lipinski definition) is 1. The SMILES string of the molecule is Cc1ccc(CNC(=O)C2CCCN(Cc3nc(-c4cccc(C)c4)no3)C2)cc1. The Morgan fingerprint density at radius 2 is 2.00 bits per heavy atom. The van der Waals surface area contributed by atoms with Gasteiger partial charge in [-0.05, 0) is 44.9 Å². The highest BCUT2D eigenvalue weighted by atomic mass is 16.5. The van der Waals surface area contributed by atoms with Crippen molar-refractivity contribution in [2.24, 2.45) is 5.92 Å². The topological polar surface area (TPSA) is 71.3 Å². The number of benzene rings is 2. The zero-order valence-corrected chi connectivity index (χ0v) is 17.6. The second kappa shape index (κ2) is 9.22. The van der Waals surface area contributed by atoms with Crippen LogP contribution in [0, 0.1) is 19.8 Å². The molecule has 0 saturated carbocycles. The van der Waals surface area contributed by atoms with E-state index in [2.05, 4.69) is 51.5 Å². The van der Waals surface area contributed by atoms with E-state index in [0.29, 0.717) is 31.3 Å². The minimum atomic E-state index is -0.0108. The first-order valence-electron chi connectivity index (χ1n) is 10.5. The van der Waals surface area contributed by atoms with Crippen LogP contribution in [-0.4, -0.2) is 34.0 Å². The summed E-state index contributed by atoms with van der Waals surface area (Å²) >= 11 is 0. The molecule has 3 aromatic rings. The number of aryl methyl sites for hydroxylation is 2. The largest absolute Gasteiger partial charge is 0.352 e. The number of carbonyl (C=O) groups is 1. The quantitative estimate of drug-likeness (QED) is 0.675. The molecule has 6 nitrogen and oxygen atoms in total. The normalized spacial score (nSPS) is 17.1. The van der Waals surface area contributed by atoms with Gasteiger partial charge in [0.1, 0.15) is 0 Å². The van der Waals surface area contributed by atoms with Crippen molar-refractivity contribution in [3.8, 4) is 11.4 Å². The molecule has 30 heavy (non-hydrogen) atoms. The zero-order valence-electron chi connectivity index (χ0n) is 17.6. The van der Waals surface area contributed by atoms with Crippen molar-refractivity contribution in [1.82, 2.24) is 20.4 Å². The van der Waals surface area contributed by atoms with Crippen LogP contribution in [0.4, 0.5) is 0 Å². The predicted molar refractivity (Wildman–Crippen MR) is 115 cm³/mol. The summed E-state index contributed by atoms with van der Waals surface area (Å²) in [5.41, 5.74) is 4.46. The number of rotatable bonds is 6. The van der Waals surface area contributed by atoms with Crippen LogP contribution < -0.4 is 5.32 Å². The van der Waals surface area contributed by atoms with Gasteiger partial charge >= 0.3 is 0 Å². The summed E-state index contributed by atoms with van der Waals surface area (Å²) in [4.78, 5) is 19.4. The lowest BCUT2D eigenvalue weighted by atomic mass is 9.97. The second-order valence-corrected chi connectivity index (χ2v) is 8.16. The maximum Gasteiger partial charge on any atom is 0.241 e. The lowest BCUT2D eigenvalue weighted by Crippen LogP contribution is -2.42. The van der Waals surface area contributed by atoms with Crippen LogP contribution in [0.15, 0.2) is 53.1 Å². The summed E-state index contributed by atoms with van der Waals surface area (Å²) < 4.78 is 5.47.